The molecule has 33 heavy (non-hydrogen) atoms. The summed E-state index contributed by atoms with van der Waals surface area (Å²) < 4.78 is 66.5. The minimum Gasteiger partial charge on any atom is -0.368 e. The molecule has 3 aromatic rings. The van der Waals surface area contributed by atoms with Gasteiger partial charge in [-0.1, -0.05) is 36.4 Å². The first kappa shape index (κ1) is 23.1. The SMILES string of the molecule is O=C(CNS(=O)(=O)c1ccc2ccccc2c1)N1CCN(c2cccc(C(F)(F)F)c2)CC1. The molecule has 1 aliphatic rings. The lowest BCUT2D eigenvalue weighted by molar-refractivity contribution is -0.137. The summed E-state index contributed by atoms with van der Waals surface area (Å²) in [5.41, 5.74) is -0.282. The number of carbonyl (C=O) groups is 1. The van der Waals surface area contributed by atoms with Crippen LogP contribution < -0.4 is 9.62 Å². The van der Waals surface area contributed by atoms with Crippen molar-refractivity contribution in [1.82, 2.24) is 9.62 Å². The van der Waals surface area contributed by atoms with Crippen LogP contribution in [0.25, 0.3) is 10.8 Å². The predicted octanol–water partition coefficient (Wildman–Crippen LogP) is 3.49. The molecule has 4 rings (SSSR count). The zero-order chi connectivity index (χ0) is 23.6. The number of rotatable bonds is 5. The highest BCUT2D eigenvalue weighted by Gasteiger charge is 2.31. The van der Waals surface area contributed by atoms with Gasteiger partial charge in [-0.2, -0.15) is 13.2 Å². The van der Waals surface area contributed by atoms with E-state index in [-0.39, 0.29) is 23.9 Å². The van der Waals surface area contributed by atoms with Crippen molar-refractivity contribution >= 4 is 32.4 Å². The lowest BCUT2D eigenvalue weighted by atomic mass is 10.1. The van der Waals surface area contributed by atoms with Gasteiger partial charge in [0.2, 0.25) is 15.9 Å². The van der Waals surface area contributed by atoms with Crippen LogP contribution in [-0.4, -0.2) is 51.9 Å². The van der Waals surface area contributed by atoms with Crippen LogP contribution in [0.3, 0.4) is 0 Å². The molecule has 1 amide bonds. The molecule has 10 heteroatoms. The van der Waals surface area contributed by atoms with E-state index in [1.807, 2.05) is 24.3 Å². The topological polar surface area (TPSA) is 69.7 Å². The average molecular weight is 478 g/mol. The molecule has 0 spiro atoms. The Labute approximate surface area is 189 Å². The maximum Gasteiger partial charge on any atom is 0.416 e. The van der Waals surface area contributed by atoms with E-state index in [1.165, 1.54) is 17.0 Å². The molecule has 0 aliphatic carbocycles. The maximum absolute atomic E-state index is 13.0. The van der Waals surface area contributed by atoms with Crippen molar-refractivity contribution in [2.75, 3.05) is 37.6 Å². The maximum atomic E-state index is 13.0. The second kappa shape index (κ2) is 9.03. The fraction of sp³-hybridized carbons (Fsp3) is 0.261. The van der Waals surface area contributed by atoms with Gasteiger partial charge in [0.05, 0.1) is 17.0 Å². The van der Waals surface area contributed by atoms with Crippen LogP contribution in [0.1, 0.15) is 5.56 Å². The number of sulfonamides is 1. The number of piperazine rings is 1. The number of alkyl halides is 3. The van der Waals surface area contributed by atoms with Crippen molar-refractivity contribution in [3.05, 3.63) is 72.3 Å². The molecule has 174 valence electrons. The number of nitrogens with one attached hydrogen (secondary N) is 1. The van der Waals surface area contributed by atoms with Crippen LogP contribution >= 0.6 is 0 Å². The molecule has 0 aromatic heterocycles. The van der Waals surface area contributed by atoms with Crippen LogP contribution in [-0.2, 0) is 21.0 Å². The predicted molar refractivity (Wildman–Crippen MR) is 119 cm³/mol. The molecule has 0 atom stereocenters. The fourth-order valence-corrected chi connectivity index (χ4v) is 4.79. The summed E-state index contributed by atoms with van der Waals surface area (Å²) in [5.74, 6) is -0.386. The first-order valence-corrected chi connectivity index (χ1v) is 11.8. The Morgan fingerprint density at radius 2 is 1.58 bits per heavy atom. The molecule has 0 bridgehead atoms. The lowest BCUT2D eigenvalue weighted by Gasteiger charge is -2.36. The third kappa shape index (κ3) is 5.28. The molecule has 6 nitrogen and oxygen atoms in total. The van der Waals surface area contributed by atoms with Gasteiger partial charge in [0.25, 0.3) is 0 Å². The Balaban J connectivity index is 1.34. The molecule has 1 fully saturated rings. The van der Waals surface area contributed by atoms with E-state index < -0.39 is 28.3 Å². The first-order valence-electron chi connectivity index (χ1n) is 10.3. The number of halogens is 3. The van der Waals surface area contributed by atoms with Gasteiger partial charge in [0.15, 0.2) is 0 Å². The number of benzene rings is 3. The zero-order valence-corrected chi connectivity index (χ0v) is 18.4. The second-order valence-electron chi connectivity index (χ2n) is 7.75. The molecular formula is C23H22F3N3O3S. The van der Waals surface area contributed by atoms with Crippen molar-refractivity contribution in [3.63, 3.8) is 0 Å². The monoisotopic (exact) mass is 477 g/mol. The highest BCUT2D eigenvalue weighted by atomic mass is 32.2. The van der Waals surface area contributed by atoms with E-state index in [4.69, 9.17) is 0 Å². The number of carbonyl (C=O) groups excluding carboxylic acids is 1. The van der Waals surface area contributed by atoms with Gasteiger partial charge in [0.1, 0.15) is 0 Å². The van der Waals surface area contributed by atoms with E-state index in [1.54, 1.807) is 23.1 Å². The van der Waals surface area contributed by atoms with Gasteiger partial charge in [-0.15, -0.1) is 0 Å². The highest BCUT2D eigenvalue weighted by molar-refractivity contribution is 7.89. The molecule has 1 N–H and O–H groups in total. The van der Waals surface area contributed by atoms with E-state index in [0.717, 1.165) is 22.9 Å². The molecule has 0 radical (unpaired) electrons. The number of fused-ring (bicyclic) bond motifs is 1. The average Bonchev–Trinajstić information content (AvgIpc) is 2.82. The van der Waals surface area contributed by atoms with Crippen LogP contribution in [0.15, 0.2) is 71.6 Å². The summed E-state index contributed by atoms with van der Waals surface area (Å²) in [6.07, 6.45) is -4.42. The normalized spacial score (nSPS) is 15.1. The Kier molecular flexibility index (Phi) is 6.31. The summed E-state index contributed by atoms with van der Waals surface area (Å²) >= 11 is 0. The number of hydrogen-bond acceptors (Lipinski definition) is 4. The summed E-state index contributed by atoms with van der Waals surface area (Å²) in [6, 6.07) is 17.2. The number of nitrogens with zero attached hydrogens (tertiary/aromatic N) is 2. The van der Waals surface area contributed by atoms with Crippen molar-refractivity contribution in [1.29, 1.82) is 0 Å². The van der Waals surface area contributed by atoms with E-state index in [2.05, 4.69) is 4.72 Å². The summed E-state index contributed by atoms with van der Waals surface area (Å²) in [7, 11) is -3.87. The van der Waals surface area contributed by atoms with E-state index in [9.17, 15) is 26.4 Å². The summed E-state index contributed by atoms with van der Waals surface area (Å²) in [4.78, 5) is 15.9. The Bertz CT molecular complexity index is 1270. The van der Waals surface area contributed by atoms with Gasteiger partial charge >= 0.3 is 6.18 Å². The molecular weight excluding hydrogens is 455 g/mol. The first-order chi connectivity index (χ1) is 15.6. The van der Waals surface area contributed by atoms with Crippen LogP contribution in [0, 0.1) is 0 Å². The zero-order valence-electron chi connectivity index (χ0n) is 17.5. The van der Waals surface area contributed by atoms with Crippen molar-refractivity contribution < 1.29 is 26.4 Å². The standard InChI is InChI=1S/C23H22F3N3O3S/c24-23(25,26)19-6-3-7-20(15-19)28-10-12-29(13-11-28)22(30)16-27-33(31,32)21-9-8-17-4-1-2-5-18(17)14-21/h1-9,14-15,27H,10-13,16H2. The van der Waals surface area contributed by atoms with Crippen molar-refractivity contribution in [2.24, 2.45) is 0 Å². The van der Waals surface area contributed by atoms with Gasteiger partial charge in [-0.25, -0.2) is 13.1 Å². The number of hydrogen-bond donors (Lipinski definition) is 1. The quantitative estimate of drug-likeness (QED) is 0.611. The highest BCUT2D eigenvalue weighted by Crippen LogP contribution is 2.31. The molecule has 0 unspecified atom stereocenters. The van der Waals surface area contributed by atoms with E-state index in [0.29, 0.717) is 18.8 Å². The van der Waals surface area contributed by atoms with Gasteiger partial charge in [-0.3, -0.25) is 4.79 Å². The van der Waals surface area contributed by atoms with Crippen LogP contribution in [0.2, 0.25) is 0 Å². The van der Waals surface area contributed by atoms with Crippen molar-refractivity contribution in [3.8, 4) is 0 Å². The van der Waals surface area contributed by atoms with Crippen molar-refractivity contribution in [2.45, 2.75) is 11.1 Å². The molecule has 3 aromatic carbocycles. The Morgan fingerprint density at radius 1 is 0.879 bits per heavy atom. The number of anilines is 1. The lowest BCUT2D eigenvalue weighted by Crippen LogP contribution is -2.51. The number of amides is 1. The molecule has 1 saturated heterocycles. The molecule has 1 heterocycles. The molecule has 0 saturated carbocycles. The largest absolute Gasteiger partial charge is 0.416 e. The third-order valence-corrected chi connectivity index (χ3v) is 7.01. The Morgan fingerprint density at radius 3 is 2.27 bits per heavy atom. The fourth-order valence-electron chi connectivity index (χ4n) is 3.78. The second-order valence-corrected chi connectivity index (χ2v) is 9.52. The smallest absolute Gasteiger partial charge is 0.368 e. The van der Waals surface area contributed by atoms with E-state index >= 15 is 0 Å². The van der Waals surface area contributed by atoms with Gasteiger partial charge in [-0.05, 0) is 41.1 Å². The van der Waals surface area contributed by atoms with Gasteiger partial charge in [0, 0.05) is 31.9 Å². The third-order valence-electron chi connectivity index (χ3n) is 5.62. The summed E-state index contributed by atoms with van der Waals surface area (Å²) in [6.45, 7) is 0.882. The van der Waals surface area contributed by atoms with Crippen LogP contribution in [0.5, 0.6) is 0 Å². The van der Waals surface area contributed by atoms with Crippen LogP contribution in [0.4, 0.5) is 18.9 Å². The minimum absolute atomic E-state index is 0.0726. The molecule has 1 aliphatic heterocycles. The Hall–Kier alpha value is -3.11. The summed E-state index contributed by atoms with van der Waals surface area (Å²) in [5, 5.41) is 1.68. The van der Waals surface area contributed by atoms with Gasteiger partial charge < -0.3 is 9.80 Å². The minimum atomic E-state index is -4.42.